The summed E-state index contributed by atoms with van der Waals surface area (Å²) < 4.78 is 73.0. The maximum absolute atomic E-state index is 13.0. The van der Waals surface area contributed by atoms with E-state index in [9.17, 15) is 21.6 Å². The van der Waals surface area contributed by atoms with Gasteiger partial charge in [0.25, 0.3) is 0 Å². The molecule has 2 fully saturated rings. The predicted molar refractivity (Wildman–Crippen MR) is 134 cm³/mol. The van der Waals surface area contributed by atoms with Gasteiger partial charge in [-0.15, -0.1) is 0 Å². The molecule has 2 aromatic rings. The van der Waals surface area contributed by atoms with Crippen molar-refractivity contribution in [2.75, 3.05) is 31.1 Å². The molecule has 0 radical (unpaired) electrons. The third-order valence-electron chi connectivity index (χ3n) is 6.89. The summed E-state index contributed by atoms with van der Waals surface area (Å²) in [4.78, 5) is 4.47. The Morgan fingerprint density at radius 3 is 2.25 bits per heavy atom. The van der Waals surface area contributed by atoms with E-state index in [4.69, 9.17) is 4.74 Å². The quantitative estimate of drug-likeness (QED) is 0.557. The molecule has 0 unspecified atom stereocenters. The third kappa shape index (κ3) is 6.52. The van der Waals surface area contributed by atoms with E-state index < -0.39 is 21.8 Å². The van der Waals surface area contributed by atoms with Gasteiger partial charge in [-0.05, 0) is 69.9 Å². The molecule has 36 heavy (non-hydrogen) atoms. The minimum absolute atomic E-state index is 0.105. The van der Waals surface area contributed by atoms with Gasteiger partial charge in [0, 0.05) is 38.3 Å². The van der Waals surface area contributed by atoms with Crippen molar-refractivity contribution in [2.45, 2.75) is 68.8 Å². The van der Waals surface area contributed by atoms with Gasteiger partial charge in [-0.2, -0.15) is 13.2 Å². The molecule has 0 aromatic heterocycles. The van der Waals surface area contributed by atoms with Gasteiger partial charge in [0.1, 0.15) is 5.75 Å². The first-order valence-corrected chi connectivity index (χ1v) is 14.0. The first-order valence-electron chi connectivity index (χ1n) is 12.5. The van der Waals surface area contributed by atoms with E-state index in [1.54, 1.807) is 0 Å². The number of piperazine rings is 1. The lowest BCUT2D eigenvalue weighted by atomic mass is 9.90. The first kappa shape index (κ1) is 26.8. The number of anilines is 1. The van der Waals surface area contributed by atoms with Crippen LogP contribution in [-0.4, -0.2) is 57.7 Å². The van der Waals surface area contributed by atoms with Crippen LogP contribution < -0.4 is 14.4 Å². The second kappa shape index (κ2) is 11.0. The van der Waals surface area contributed by atoms with Gasteiger partial charge in [0.05, 0.1) is 22.3 Å². The average molecular weight is 526 g/mol. The van der Waals surface area contributed by atoms with Crippen molar-refractivity contribution in [1.82, 2.24) is 9.62 Å². The van der Waals surface area contributed by atoms with Crippen LogP contribution in [0.4, 0.5) is 18.9 Å². The van der Waals surface area contributed by atoms with Crippen LogP contribution in [0.25, 0.3) is 0 Å². The highest BCUT2D eigenvalue weighted by Gasteiger charge is 2.33. The monoisotopic (exact) mass is 525 g/mol. The largest absolute Gasteiger partial charge is 0.489 e. The van der Waals surface area contributed by atoms with Gasteiger partial charge in [-0.3, -0.25) is 4.90 Å². The van der Waals surface area contributed by atoms with Crippen LogP contribution in [0.3, 0.4) is 0 Å². The fourth-order valence-electron chi connectivity index (χ4n) is 5.09. The molecule has 1 N–H and O–H groups in total. The van der Waals surface area contributed by atoms with Crippen LogP contribution in [0.5, 0.6) is 5.75 Å². The molecule has 4 rings (SSSR count). The minimum atomic E-state index is -4.59. The molecule has 0 bridgehead atoms. The zero-order chi connectivity index (χ0) is 25.9. The number of hydrogen-bond acceptors (Lipinski definition) is 5. The van der Waals surface area contributed by atoms with Crippen molar-refractivity contribution in [3.05, 3.63) is 54.1 Å². The molecular formula is C26H34F3N3O3S. The molecule has 198 valence electrons. The standard InChI is InChI=1S/C26H34F3N3O3S/c1-19(2)35-25-9-4-3-8-24(25)32-16-14-31(15-17-32)22-12-10-21(11-13-22)30-36(33,34)23-7-5-6-20(18-23)26(27,28)29/h3-9,18-19,21-22,30H,10-17H2,1-2H3. The Morgan fingerprint density at radius 2 is 1.61 bits per heavy atom. The Bertz CT molecular complexity index is 1120. The number of rotatable bonds is 7. The van der Waals surface area contributed by atoms with E-state index in [0.29, 0.717) is 24.9 Å². The average Bonchev–Trinajstić information content (AvgIpc) is 2.84. The van der Waals surface area contributed by atoms with Crippen LogP contribution in [0.1, 0.15) is 45.1 Å². The zero-order valence-electron chi connectivity index (χ0n) is 20.7. The van der Waals surface area contributed by atoms with Crippen LogP contribution in [0, 0.1) is 0 Å². The van der Waals surface area contributed by atoms with Gasteiger partial charge >= 0.3 is 6.18 Å². The molecule has 1 heterocycles. The van der Waals surface area contributed by atoms with Crippen LogP contribution >= 0.6 is 0 Å². The number of halogens is 3. The van der Waals surface area contributed by atoms with Crippen molar-refractivity contribution < 1.29 is 26.3 Å². The summed E-state index contributed by atoms with van der Waals surface area (Å²) in [6, 6.07) is 12.1. The molecule has 1 saturated heterocycles. The summed E-state index contributed by atoms with van der Waals surface area (Å²) in [6.07, 6.45) is -1.46. The molecule has 0 atom stereocenters. The zero-order valence-corrected chi connectivity index (χ0v) is 21.5. The number of benzene rings is 2. The van der Waals surface area contributed by atoms with Gasteiger partial charge < -0.3 is 9.64 Å². The number of ether oxygens (including phenoxy) is 1. The summed E-state index contributed by atoms with van der Waals surface area (Å²) in [5, 5.41) is 0. The maximum Gasteiger partial charge on any atom is 0.416 e. The molecule has 2 aliphatic rings. The highest BCUT2D eigenvalue weighted by Crippen LogP contribution is 2.33. The minimum Gasteiger partial charge on any atom is -0.489 e. The molecule has 2 aromatic carbocycles. The van der Waals surface area contributed by atoms with E-state index in [1.165, 1.54) is 6.07 Å². The second-order valence-corrected chi connectivity index (χ2v) is 11.5. The second-order valence-electron chi connectivity index (χ2n) is 9.81. The van der Waals surface area contributed by atoms with E-state index in [0.717, 1.165) is 62.6 Å². The summed E-state index contributed by atoms with van der Waals surface area (Å²) >= 11 is 0. The van der Waals surface area contributed by atoms with E-state index >= 15 is 0 Å². The van der Waals surface area contributed by atoms with Gasteiger partial charge in [0.15, 0.2) is 0 Å². The van der Waals surface area contributed by atoms with Crippen molar-refractivity contribution in [1.29, 1.82) is 0 Å². The lowest BCUT2D eigenvalue weighted by molar-refractivity contribution is -0.137. The first-order chi connectivity index (χ1) is 17.0. The summed E-state index contributed by atoms with van der Waals surface area (Å²) in [6.45, 7) is 7.65. The molecule has 0 amide bonds. The third-order valence-corrected chi connectivity index (χ3v) is 8.41. The van der Waals surface area contributed by atoms with E-state index in [1.807, 2.05) is 32.0 Å². The number of hydrogen-bond donors (Lipinski definition) is 1. The number of nitrogens with zero attached hydrogens (tertiary/aromatic N) is 2. The number of nitrogens with one attached hydrogen (secondary N) is 1. The van der Waals surface area contributed by atoms with Crippen LogP contribution in [0.2, 0.25) is 0 Å². The highest BCUT2D eigenvalue weighted by atomic mass is 32.2. The number of para-hydroxylation sites is 2. The molecule has 1 saturated carbocycles. The number of sulfonamides is 1. The Kier molecular flexibility index (Phi) is 8.16. The van der Waals surface area contributed by atoms with Gasteiger partial charge in [0.2, 0.25) is 10.0 Å². The van der Waals surface area contributed by atoms with Crippen molar-refractivity contribution >= 4 is 15.7 Å². The van der Waals surface area contributed by atoms with E-state index in [-0.39, 0.29) is 17.0 Å². The molecule has 0 spiro atoms. The Morgan fingerprint density at radius 1 is 0.944 bits per heavy atom. The molecule has 6 nitrogen and oxygen atoms in total. The maximum atomic E-state index is 13.0. The predicted octanol–water partition coefficient (Wildman–Crippen LogP) is 4.90. The summed E-state index contributed by atoms with van der Waals surface area (Å²) in [5.41, 5.74) is 0.144. The normalized spacial score (nSPS) is 22.1. The Balaban J connectivity index is 1.29. The van der Waals surface area contributed by atoms with Crippen molar-refractivity contribution in [3.8, 4) is 5.75 Å². The lowest BCUT2D eigenvalue weighted by Gasteiger charge is -2.43. The Labute approximate surface area is 211 Å². The summed E-state index contributed by atoms with van der Waals surface area (Å²) in [7, 11) is -4.02. The molecule has 1 aliphatic carbocycles. The molecule has 10 heteroatoms. The fraction of sp³-hybridized carbons (Fsp3) is 0.538. The topological polar surface area (TPSA) is 61.9 Å². The fourth-order valence-corrected chi connectivity index (χ4v) is 6.44. The number of alkyl halides is 3. The van der Waals surface area contributed by atoms with Gasteiger partial charge in [-0.1, -0.05) is 18.2 Å². The van der Waals surface area contributed by atoms with Crippen molar-refractivity contribution in [2.24, 2.45) is 0 Å². The SMILES string of the molecule is CC(C)Oc1ccccc1N1CCN(C2CCC(NS(=O)(=O)c3cccc(C(F)(F)F)c3)CC2)CC1. The van der Waals surface area contributed by atoms with E-state index in [2.05, 4.69) is 20.6 Å². The highest BCUT2D eigenvalue weighted by molar-refractivity contribution is 7.89. The van der Waals surface area contributed by atoms with Crippen LogP contribution in [-0.2, 0) is 16.2 Å². The lowest BCUT2D eigenvalue weighted by Crippen LogP contribution is -2.52. The molecule has 1 aliphatic heterocycles. The van der Waals surface area contributed by atoms with Crippen LogP contribution in [0.15, 0.2) is 53.4 Å². The van der Waals surface area contributed by atoms with Crippen molar-refractivity contribution in [3.63, 3.8) is 0 Å². The van der Waals surface area contributed by atoms with Gasteiger partial charge in [-0.25, -0.2) is 13.1 Å². The smallest absolute Gasteiger partial charge is 0.416 e. The Hall–Kier alpha value is -2.30. The molecular weight excluding hydrogens is 491 g/mol. The summed E-state index contributed by atoms with van der Waals surface area (Å²) in [5.74, 6) is 0.898.